The number of carbonyl (C=O) groups excluding carboxylic acids is 2. The summed E-state index contributed by atoms with van der Waals surface area (Å²) in [5.41, 5.74) is 3.21. The number of amides is 2. The maximum absolute atomic E-state index is 11.9. The van der Waals surface area contributed by atoms with Crippen LogP contribution in [0.15, 0.2) is 47.6 Å². The van der Waals surface area contributed by atoms with Crippen molar-refractivity contribution >= 4 is 23.7 Å². The van der Waals surface area contributed by atoms with Gasteiger partial charge in [-0.3, -0.25) is 19.7 Å². The molecule has 0 aromatic heterocycles. The summed E-state index contributed by atoms with van der Waals surface area (Å²) in [6.07, 6.45) is 1.96. The predicted octanol–water partition coefficient (Wildman–Crippen LogP) is 1.97. The molecule has 2 aromatic rings. The Morgan fingerprint density at radius 1 is 1.24 bits per heavy atom. The van der Waals surface area contributed by atoms with E-state index < -0.39 is 4.92 Å². The number of nitro groups is 1. The van der Waals surface area contributed by atoms with Crippen molar-refractivity contribution in [3.8, 4) is 11.5 Å². The zero-order valence-electron chi connectivity index (χ0n) is 15.6. The summed E-state index contributed by atoms with van der Waals surface area (Å²) < 4.78 is 4.98. The van der Waals surface area contributed by atoms with Gasteiger partial charge in [0.1, 0.15) is 0 Å². The third-order valence-corrected chi connectivity index (χ3v) is 3.81. The number of ether oxygens (including phenoxy) is 1. The highest BCUT2D eigenvalue weighted by molar-refractivity contribution is 5.94. The number of nitrogens with one attached hydrogen (secondary N) is 2. The smallest absolute Gasteiger partial charge is 0.269 e. The average Bonchev–Trinajstić information content (AvgIpc) is 2.72. The SMILES string of the molecule is COc1cc(/C=N/NC(=O)CCCNC(=O)c2ccc([N+](=O)[O-])cc2)ccc1O. The number of phenols is 1. The van der Waals surface area contributed by atoms with E-state index in [2.05, 4.69) is 15.8 Å². The molecule has 0 unspecified atom stereocenters. The van der Waals surface area contributed by atoms with Crippen LogP contribution in [0, 0.1) is 10.1 Å². The van der Waals surface area contributed by atoms with Gasteiger partial charge in [-0.2, -0.15) is 5.10 Å². The van der Waals surface area contributed by atoms with Crippen LogP contribution >= 0.6 is 0 Å². The molecule has 2 aromatic carbocycles. The number of benzene rings is 2. The molecule has 29 heavy (non-hydrogen) atoms. The van der Waals surface area contributed by atoms with Crippen molar-refractivity contribution in [3.63, 3.8) is 0 Å². The normalized spacial score (nSPS) is 10.5. The lowest BCUT2D eigenvalue weighted by Gasteiger charge is -2.05. The maximum atomic E-state index is 11.9. The van der Waals surface area contributed by atoms with Crippen molar-refractivity contribution in [1.29, 1.82) is 0 Å². The van der Waals surface area contributed by atoms with Crippen molar-refractivity contribution in [1.82, 2.24) is 10.7 Å². The first-order valence-corrected chi connectivity index (χ1v) is 8.62. The van der Waals surface area contributed by atoms with E-state index in [1.807, 2.05) is 0 Å². The molecule has 2 rings (SSSR count). The van der Waals surface area contributed by atoms with E-state index in [0.717, 1.165) is 0 Å². The predicted molar refractivity (Wildman–Crippen MR) is 105 cm³/mol. The number of rotatable bonds is 9. The molecule has 0 aliphatic carbocycles. The Hall–Kier alpha value is -3.95. The van der Waals surface area contributed by atoms with Crippen LogP contribution in [0.4, 0.5) is 5.69 Å². The van der Waals surface area contributed by atoms with Crippen LogP contribution in [0.1, 0.15) is 28.8 Å². The summed E-state index contributed by atoms with van der Waals surface area (Å²) in [5, 5.41) is 26.6. The lowest BCUT2D eigenvalue weighted by Crippen LogP contribution is -2.26. The Bertz CT molecular complexity index is 911. The zero-order valence-corrected chi connectivity index (χ0v) is 15.6. The lowest BCUT2D eigenvalue weighted by molar-refractivity contribution is -0.384. The van der Waals surface area contributed by atoms with E-state index in [-0.39, 0.29) is 36.2 Å². The molecule has 0 atom stereocenters. The van der Waals surface area contributed by atoms with Crippen molar-refractivity contribution in [2.24, 2.45) is 5.10 Å². The third kappa shape index (κ3) is 6.61. The average molecular weight is 400 g/mol. The molecular formula is C19H20N4O6. The number of hydrogen-bond acceptors (Lipinski definition) is 7. The van der Waals surface area contributed by atoms with Crippen molar-refractivity contribution in [2.75, 3.05) is 13.7 Å². The molecule has 0 saturated heterocycles. The summed E-state index contributed by atoms with van der Waals surface area (Å²) in [6.45, 7) is 0.266. The fraction of sp³-hybridized carbons (Fsp3) is 0.211. The molecule has 0 aliphatic heterocycles. The van der Waals surface area contributed by atoms with Gasteiger partial charge >= 0.3 is 0 Å². The van der Waals surface area contributed by atoms with Gasteiger partial charge in [-0.15, -0.1) is 0 Å². The Balaban J connectivity index is 1.70. The third-order valence-electron chi connectivity index (χ3n) is 3.81. The summed E-state index contributed by atoms with van der Waals surface area (Å²) in [6, 6.07) is 9.88. The molecule has 10 heteroatoms. The second-order valence-corrected chi connectivity index (χ2v) is 5.89. The van der Waals surface area contributed by atoms with Crippen LogP contribution in [-0.4, -0.2) is 41.7 Å². The van der Waals surface area contributed by atoms with Crippen LogP contribution in [0.3, 0.4) is 0 Å². The molecular weight excluding hydrogens is 380 g/mol. The van der Waals surface area contributed by atoms with Crippen molar-refractivity contribution < 1.29 is 24.4 Å². The maximum Gasteiger partial charge on any atom is 0.269 e. The summed E-state index contributed by atoms with van der Waals surface area (Å²) >= 11 is 0. The van der Waals surface area contributed by atoms with E-state index in [1.54, 1.807) is 12.1 Å². The molecule has 0 aliphatic rings. The van der Waals surface area contributed by atoms with Crippen molar-refractivity contribution in [3.05, 3.63) is 63.7 Å². The fourth-order valence-corrected chi connectivity index (χ4v) is 2.30. The fourth-order valence-electron chi connectivity index (χ4n) is 2.30. The lowest BCUT2D eigenvalue weighted by atomic mass is 10.2. The minimum absolute atomic E-state index is 0.00413. The highest BCUT2D eigenvalue weighted by Gasteiger charge is 2.09. The van der Waals surface area contributed by atoms with E-state index >= 15 is 0 Å². The Kier molecular flexibility index (Phi) is 7.66. The Labute approximate surface area is 166 Å². The highest BCUT2D eigenvalue weighted by Crippen LogP contribution is 2.25. The second kappa shape index (κ2) is 10.4. The minimum atomic E-state index is -0.541. The molecule has 152 valence electrons. The van der Waals surface area contributed by atoms with E-state index in [0.29, 0.717) is 23.3 Å². The van der Waals surface area contributed by atoms with Gasteiger partial charge in [0.05, 0.1) is 18.2 Å². The van der Waals surface area contributed by atoms with Gasteiger partial charge in [0.2, 0.25) is 5.91 Å². The highest BCUT2D eigenvalue weighted by atomic mass is 16.6. The van der Waals surface area contributed by atoms with Crippen LogP contribution in [0.25, 0.3) is 0 Å². The molecule has 0 radical (unpaired) electrons. The van der Waals surface area contributed by atoms with Gasteiger partial charge in [0.25, 0.3) is 11.6 Å². The standard InChI is InChI=1S/C19H20N4O6/c1-29-17-11-13(4-9-16(17)24)12-21-22-18(25)3-2-10-20-19(26)14-5-7-15(8-6-14)23(27)28/h4-9,11-12,24H,2-3,10H2,1H3,(H,20,26)(H,22,25)/b21-12+. The molecule has 3 N–H and O–H groups in total. The first-order chi connectivity index (χ1) is 13.9. The molecule has 2 amide bonds. The van der Waals surface area contributed by atoms with E-state index in [1.165, 1.54) is 43.7 Å². The summed E-state index contributed by atoms with van der Waals surface area (Å²) in [7, 11) is 1.43. The number of carbonyl (C=O) groups is 2. The van der Waals surface area contributed by atoms with Gasteiger partial charge in [0, 0.05) is 30.7 Å². The molecule has 0 fully saturated rings. The van der Waals surface area contributed by atoms with Gasteiger partial charge in [0.15, 0.2) is 11.5 Å². The Morgan fingerprint density at radius 2 is 1.97 bits per heavy atom. The molecule has 0 spiro atoms. The Morgan fingerprint density at radius 3 is 2.62 bits per heavy atom. The largest absolute Gasteiger partial charge is 0.504 e. The van der Waals surface area contributed by atoms with Gasteiger partial charge < -0.3 is 15.2 Å². The summed E-state index contributed by atoms with van der Waals surface area (Å²) in [5.74, 6) is -0.398. The monoisotopic (exact) mass is 400 g/mol. The number of nitro benzene ring substituents is 1. The summed E-state index contributed by atoms with van der Waals surface area (Å²) in [4.78, 5) is 33.8. The van der Waals surface area contributed by atoms with Gasteiger partial charge in [-0.25, -0.2) is 5.43 Å². The first-order valence-electron chi connectivity index (χ1n) is 8.62. The van der Waals surface area contributed by atoms with Crippen LogP contribution in [0.5, 0.6) is 11.5 Å². The number of hydrogen-bond donors (Lipinski definition) is 3. The molecule has 0 heterocycles. The number of aromatic hydroxyl groups is 1. The van der Waals surface area contributed by atoms with Crippen LogP contribution in [0.2, 0.25) is 0 Å². The zero-order chi connectivity index (χ0) is 21.2. The van der Waals surface area contributed by atoms with E-state index in [4.69, 9.17) is 4.74 Å². The minimum Gasteiger partial charge on any atom is -0.504 e. The number of non-ortho nitro benzene ring substituents is 1. The van der Waals surface area contributed by atoms with Gasteiger partial charge in [-0.1, -0.05) is 0 Å². The quantitative estimate of drug-likeness (QED) is 0.254. The number of methoxy groups -OCH3 is 1. The van der Waals surface area contributed by atoms with Crippen LogP contribution in [-0.2, 0) is 4.79 Å². The number of nitrogens with zero attached hydrogens (tertiary/aromatic N) is 2. The number of phenolic OH excluding ortho intramolecular Hbond substituents is 1. The van der Waals surface area contributed by atoms with Crippen LogP contribution < -0.4 is 15.5 Å². The van der Waals surface area contributed by atoms with E-state index in [9.17, 15) is 24.8 Å². The van der Waals surface area contributed by atoms with Crippen molar-refractivity contribution in [2.45, 2.75) is 12.8 Å². The second-order valence-electron chi connectivity index (χ2n) is 5.89. The molecule has 0 saturated carbocycles. The first kappa shape index (κ1) is 21.4. The number of hydrazone groups is 1. The molecule has 0 bridgehead atoms. The van der Waals surface area contributed by atoms with Gasteiger partial charge in [-0.05, 0) is 42.3 Å². The topological polar surface area (TPSA) is 143 Å². The molecule has 10 nitrogen and oxygen atoms in total.